The number of hydrogen-bond donors (Lipinski definition) is 1. The lowest BCUT2D eigenvalue weighted by atomic mass is 10.1. The summed E-state index contributed by atoms with van der Waals surface area (Å²) in [6, 6.07) is 0. The molecule has 0 aromatic carbocycles. The molecule has 0 aliphatic rings. The summed E-state index contributed by atoms with van der Waals surface area (Å²) in [7, 11) is 0. The van der Waals surface area contributed by atoms with Crippen molar-refractivity contribution in [2.45, 2.75) is 39.5 Å². The summed E-state index contributed by atoms with van der Waals surface area (Å²) in [5, 5.41) is 9.90. The van der Waals surface area contributed by atoms with Crippen LogP contribution in [0.3, 0.4) is 0 Å². The molecule has 62 valence electrons. The number of nitrogens with two attached hydrogens (primary N) is 1. The molecule has 2 N–H and O–H groups in total. The second-order valence-electron chi connectivity index (χ2n) is 3.20. The van der Waals surface area contributed by atoms with E-state index in [9.17, 15) is 5.21 Å². The van der Waals surface area contributed by atoms with Crippen LogP contribution in [-0.2, 0) is 0 Å². The maximum atomic E-state index is 9.90. The average Bonchev–Trinajstić information content (AvgIpc) is 1.87. The molecule has 10 heavy (non-hydrogen) atoms. The highest BCUT2D eigenvalue weighted by Gasteiger charge is 1.93. The molecule has 0 atom stereocenters. The van der Waals surface area contributed by atoms with Crippen molar-refractivity contribution < 1.29 is 5.48 Å². The van der Waals surface area contributed by atoms with Gasteiger partial charge in [-0.2, -0.15) is 0 Å². The van der Waals surface area contributed by atoms with Crippen molar-refractivity contribution in [3.05, 3.63) is 5.21 Å². The first-order valence-corrected chi connectivity index (χ1v) is 4.21. The van der Waals surface area contributed by atoms with Gasteiger partial charge in [0, 0.05) is 0 Å². The zero-order chi connectivity index (χ0) is 7.82. The minimum atomic E-state index is 0.748. The van der Waals surface area contributed by atoms with Crippen LogP contribution < -0.4 is 5.48 Å². The van der Waals surface area contributed by atoms with Crippen molar-refractivity contribution in [3.8, 4) is 0 Å². The fraction of sp³-hybridized carbons (Fsp3) is 1.00. The topological polar surface area (TPSA) is 39.7 Å². The van der Waals surface area contributed by atoms with Crippen LogP contribution in [-0.4, -0.2) is 6.54 Å². The highest BCUT2D eigenvalue weighted by Crippen LogP contribution is 2.06. The lowest BCUT2D eigenvalue weighted by Gasteiger charge is -2.04. The van der Waals surface area contributed by atoms with Gasteiger partial charge in [-0.15, -0.1) is 0 Å². The normalized spacial score (nSPS) is 10.8. The van der Waals surface area contributed by atoms with Crippen LogP contribution in [0.4, 0.5) is 0 Å². The summed E-state index contributed by atoms with van der Waals surface area (Å²) in [6.45, 7) is 5.22. The van der Waals surface area contributed by atoms with E-state index in [4.69, 9.17) is 0 Å². The first-order chi connectivity index (χ1) is 4.77. The van der Waals surface area contributed by atoms with Crippen LogP contribution in [0.1, 0.15) is 39.5 Å². The molecule has 0 aliphatic heterocycles. The van der Waals surface area contributed by atoms with Gasteiger partial charge in [0.1, 0.15) is 0 Å². The van der Waals surface area contributed by atoms with E-state index >= 15 is 0 Å². The first kappa shape index (κ1) is 9.92. The van der Waals surface area contributed by atoms with Crippen molar-refractivity contribution in [1.29, 1.82) is 0 Å². The van der Waals surface area contributed by atoms with Crippen molar-refractivity contribution in [3.63, 3.8) is 0 Å². The lowest BCUT2D eigenvalue weighted by molar-refractivity contribution is -0.589. The predicted octanol–water partition coefficient (Wildman–Crippen LogP) is 1.26. The second kappa shape index (κ2) is 7.03. The SMILES string of the molecule is CC(C)CCCCC[NH2+][O-]. The van der Waals surface area contributed by atoms with E-state index in [1.807, 2.05) is 0 Å². The van der Waals surface area contributed by atoms with Gasteiger partial charge in [-0.3, -0.25) is 0 Å². The van der Waals surface area contributed by atoms with Crippen molar-refractivity contribution in [2.75, 3.05) is 6.54 Å². The van der Waals surface area contributed by atoms with Gasteiger partial charge in [-0.1, -0.05) is 26.7 Å². The van der Waals surface area contributed by atoms with Gasteiger partial charge < -0.3 is 10.7 Å². The van der Waals surface area contributed by atoms with E-state index in [1.54, 1.807) is 0 Å². The quantitative estimate of drug-likeness (QED) is 0.443. The Morgan fingerprint density at radius 2 is 1.90 bits per heavy atom. The van der Waals surface area contributed by atoms with Gasteiger partial charge in [0.25, 0.3) is 0 Å². The Morgan fingerprint density at radius 3 is 2.40 bits per heavy atom. The molecule has 0 heterocycles. The molecule has 0 spiro atoms. The highest BCUT2D eigenvalue weighted by molar-refractivity contribution is 4.45. The largest absolute Gasteiger partial charge is 0.636 e. The van der Waals surface area contributed by atoms with Crippen LogP contribution in [0.25, 0.3) is 0 Å². The smallest absolute Gasteiger partial charge is 0.0752 e. The van der Waals surface area contributed by atoms with Crippen LogP contribution in [0.2, 0.25) is 0 Å². The number of hydrogen-bond acceptors (Lipinski definition) is 1. The summed E-state index contributed by atoms with van der Waals surface area (Å²) >= 11 is 0. The van der Waals surface area contributed by atoms with E-state index in [0.717, 1.165) is 24.4 Å². The predicted molar refractivity (Wildman–Crippen MR) is 43.5 cm³/mol. The Balaban J connectivity index is 2.77. The number of rotatable bonds is 6. The molecule has 2 nitrogen and oxygen atoms in total. The van der Waals surface area contributed by atoms with Gasteiger partial charge >= 0.3 is 0 Å². The van der Waals surface area contributed by atoms with E-state index in [0.29, 0.717) is 0 Å². The number of quaternary nitrogens is 1. The molecule has 0 aromatic heterocycles. The minimum Gasteiger partial charge on any atom is -0.636 e. The Bertz CT molecular complexity index is 64.3. The lowest BCUT2D eigenvalue weighted by Crippen LogP contribution is -2.77. The molecule has 0 saturated heterocycles. The molecule has 0 bridgehead atoms. The summed E-state index contributed by atoms with van der Waals surface area (Å²) < 4.78 is 0. The van der Waals surface area contributed by atoms with E-state index in [-0.39, 0.29) is 0 Å². The fourth-order valence-corrected chi connectivity index (χ4v) is 0.957. The van der Waals surface area contributed by atoms with Crippen molar-refractivity contribution in [1.82, 2.24) is 0 Å². The summed E-state index contributed by atoms with van der Waals surface area (Å²) in [5.41, 5.74) is 1.01. The summed E-state index contributed by atoms with van der Waals surface area (Å²) in [6.07, 6.45) is 4.89. The monoisotopic (exact) mass is 145 g/mol. The van der Waals surface area contributed by atoms with Gasteiger partial charge in [-0.05, 0) is 18.8 Å². The molecular weight excluding hydrogens is 126 g/mol. The summed E-state index contributed by atoms with van der Waals surface area (Å²) in [5.74, 6) is 0.816. The molecule has 0 saturated carbocycles. The third-order valence-electron chi connectivity index (χ3n) is 1.60. The van der Waals surface area contributed by atoms with Crippen molar-refractivity contribution >= 4 is 0 Å². The van der Waals surface area contributed by atoms with Crippen LogP contribution >= 0.6 is 0 Å². The molecule has 0 radical (unpaired) electrons. The molecule has 0 rings (SSSR count). The molecule has 0 unspecified atom stereocenters. The standard InChI is InChI=1S/C8H19NO/c1-8(2)6-4-3-5-7-9-10/h8H,3-7,9H2,1-2H3. The second-order valence-corrected chi connectivity index (χ2v) is 3.20. The Morgan fingerprint density at radius 1 is 1.20 bits per heavy atom. The van der Waals surface area contributed by atoms with Gasteiger partial charge in [0.05, 0.1) is 6.54 Å². The van der Waals surface area contributed by atoms with Gasteiger partial charge in [0.2, 0.25) is 0 Å². The first-order valence-electron chi connectivity index (χ1n) is 4.21. The van der Waals surface area contributed by atoms with Gasteiger partial charge in [0.15, 0.2) is 0 Å². The van der Waals surface area contributed by atoms with Crippen LogP contribution in [0.15, 0.2) is 0 Å². The van der Waals surface area contributed by atoms with E-state index in [2.05, 4.69) is 13.8 Å². The Labute approximate surface area is 63.6 Å². The third kappa shape index (κ3) is 7.92. The summed E-state index contributed by atoms with van der Waals surface area (Å²) in [4.78, 5) is 0. The molecular formula is C8H19NO. The zero-order valence-corrected chi connectivity index (χ0v) is 7.10. The molecule has 0 aromatic rings. The maximum absolute atomic E-state index is 9.90. The maximum Gasteiger partial charge on any atom is 0.0752 e. The fourth-order valence-electron chi connectivity index (χ4n) is 0.957. The molecule has 0 aliphatic carbocycles. The van der Waals surface area contributed by atoms with Crippen LogP contribution in [0, 0.1) is 11.1 Å². The van der Waals surface area contributed by atoms with Gasteiger partial charge in [-0.25, -0.2) is 0 Å². The van der Waals surface area contributed by atoms with Crippen LogP contribution in [0.5, 0.6) is 0 Å². The highest BCUT2D eigenvalue weighted by atomic mass is 16.5. The Hall–Kier alpha value is -0.0800. The van der Waals surface area contributed by atoms with E-state index < -0.39 is 0 Å². The van der Waals surface area contributed by atoms with E-state index in [1.165, 1.54) is 19.3 Å². The molecule has 2 heteroatoms. The number of hydroxylamine groups is 1. The molecule has 0 amide bonds. The van der Waals surface area contributed by atoms with Crippen molar-refractivity contribution in [2.24, 2.45) is 5.92 Å². The minimum absolute atomic E-state index is 0.748. The Kier molecular flexibility index (Phi) is 6.98. The third-order valence-corrected chi connectivity index (χ3v) is 1.60. The molecule has 0 fully saturated rings. The number of unbranched alkanes of at least 4 members (excludes halogenated alkanes) is 2. The zero-order valence-electron chi connectivity index (χ0n) is 7.10. The average molecular weight is 145 g/mol.